The molecule has 0 radical (unpaired) electrons. The van der Waals surface area contributed by atoms with Crippen molar-refractivity contribution >= 4 is 5.96 Å². The van der Waals surface area contributed by atoms with Crippen LogP contribution in [0.15, 0.2) is 23.2 Å². The highest BCUT2D eigenvalue weighted by atomic mass is 16.5. The highest BCUT2D eigenvalue weighted by molar-refractivity contribution is 5.80. The van der Waals surface area contributed by atoms with E-state index in [0.717, 1.165) is 29.6 Å². The number of aliphatic imine (C=N–C) groups is 1. The van der Waals surface area contributed by atoms with Gasteiger partial charge in [0.05, 0.1) is 20.3 Å². The molecular formula is C22H36N4O2. The number of fused-ring (bicyclic) bond motifs is 2. The summed E-state index contributed by atoms with van der Waals surface area (Å²) in [7, 11) is 3.96. The molecule has 0 saturated carbocycles. The van der Waals surface area contributed by atoms with E-state index in [-0.39, 0.29) is 0 Å². The fraction of sp³-hybridized carbons (Fsp3) is 0.682. The van der Waals surface area contributed by atoms with E-state index >= 15 is 0 Å². The Bertz CT molecular complexity index is 650. The van der Waals surface area contributed by atoms with Crippen molar-refractivity contribution in [2.24, 2.45) is 4.99 Å². The second-order valence-corrected chi connectivity index (χ2v) is 7.83. The lowest BCUT2D eigenvalue weighted by atomic mass is 9.82. The Kier molecular flexibility index (Phi) is 7.43. The third-order valence-corrected chi connectivity index (χ3v) is 5.97. The molecule has 2 aliphatic heterocycles. The molecule has 2 bridgehead atoms. The zero-order valence-corrected chi connectivity index (χ0v) is 17.8. The van der Waals surface area contributed by atoms with Gasteiger partial charge in [0, 0.05) is 24.7 Å². The largest absolute Gasteiger partial charge is 0.493 e. The maximum atomic E-state index is 5.69. The van der Waals surface area contributed by atoms with Crippen LogP contribution in [0.1, 0.15) is 51.5 Å². The van der Waals surface area contributed by atoms with Crippen molar-refractivity contribution in [1.82, 2.24) is 15.5 Å². The quantitative estimate of drug-likeness (QED) is 0.555. The molecule has 2 saturated heterocycles. The van der Waals surface area contributed by atoms with Gasteiger partial charge in [-0.25, -0.2) is 4.99 Å². The standard InChI is InChI=1S/C22H36N4O2/c1-5-23-22(25-17-13-18-8-7-9-19(14-17)26(18)3)24-15-16-10-11-20(27-4)21(12-16)28-6-2/h10-12,17-19H,5-9,13-15H2,1-4H3,(H2,23,24,25). The summed E-state index contributed by atoms with van der Waals surface area (Å²) in [5.41, 5.74) is 1.11. The molecule has 2 heterocycles. The van der Waals surface area contributed by atoms with Crippen LogP contribution in [0, 0.1) is 0 Å². The Hall–Kier alpha value is -1.95. The predicted octanol–water partition coefficient (Wildman–Crippen LogP) is 3.16. The molecule has 0 aliphatic carbocycles. The number of nitrogens with zero attached hydrogens (tertiary/aromatic N) is 2. The minimum absolute atomic E-state index is 0.499. The molecule has 1 aromatic rings. The molecule has 6 nitrogen and oxygen atoms in total. The summed E-state index contributed by atoms with van der Waals surface area (Å²) in [6.07, 6.45) is 6.43. The van der Waals surface area contributed by atoms with Crippen molar-refractivity contribution in [2.45, 2.75) is 70.6 Å². The number of hydrogen-bond acceptors (Lipinski definition) is 4. The number of rotatable bonds is 7. The smallest absolute Gasteiger partial charge is 0.191 e. The van der Waals surface area contributed by atoms with Crippen LogP contribution in [0.2, 0.25) is 0 Å². The highest BCUT2D eigenvalue weighted by Gasteiger charge is 2.36. The number of methoxy groups -OCH3 is 1. The fourth-order valence-electron chi connectivity index (χ4n) is 4.51. The molecule has 2 N–H and O–H groups in total. The van der Waals surface area contributed by atoms with Crippen LogP contribution in [0.25, 0.3) is 0 Å². The Morgan fingerprint density at radius 1 is 1.18 bits per heavy atom. The van der Waals surface area contributed by atoms with Crippen molar-refractivity contribution in [3.05, 3.63) is 23.8 Å². The van der Waals surface area contributed by atoms with Crippen molar-refractivity contribution in [1.29, 1.82) is 0 Å². The van der Waals surface area contributed by atoms with Gasteiger partial charge in [0.15, 0.2) is 17.5 Å². The van der Waals surface area contributed by atoms with Gasteiger partial charge in [-0.2, -0.15) is 0 Å². The maximum absolute atomic E-state index is 5.69. The summed E-state index contributed by atoms with van der Waals surface area (Å²) in [4.78, 5) is 7.43. The first kappa shape index (κ1) is 20.8. The van der Waals surface area contributed by atoms with Gasteiger partial charge in [-0.3, -0.25) is 0 Å². The van der Waals surface area contributed by atoms with Gasteiger partial charge in [-0.1, -0.05) is 12.5 Å². The lowest BCUT2D eigenvalue weighted by Crippen LogP contribution is -2.56. The molecular weight excluding hydrogens is 352 g/mol. The highest BCUT2D eigenvalue weighted by Crippen LogP contribution is 2.32. The van der Waals surface area contributed by atoms with Gasteiger partial charge in [-0.15, -0.1) is 0 Å². The molecule has 0 amide bonds. The Morgan fingerprint density at radius 3 is 2.57 bits per heavy atom. The van der Waals surface area contributed by atoms with E-state index in [0.29, 0.717) is 31.3 Å². The number of benzene rings is 1. The first-order chi connectivity index (χ1) is 13.6. The second-order valence-electron chi connectivity index (χ2n) is 7.83. The van der Waals surface area contributed by atoms with Crippen LogP contribution in [-0.2, 0) is 6.54 Å². The molecule has 2 unspecified atom stereocenters. The number of ether oxygens (including phenoxy) is 2. The zero-order chi connectivity index (χ0) is 19.9. The average molecular weight is 389 g/mol. The summed E-state index contributed by atoms with van der Waals surface area (Å²) in [5, 5.41) is 7.10. The molecule has 2 atom stereocenters. The van der Waals surface area contributed by atoms with Gasteiger partial charge in [0.1, 0.15) is 0 Å². The van der Waals surface area contributed by atoms with Crippen molar-refractivity contribution < 1.29 is 9.47 Å². The van der Waals surface area contributed by atoms with Crippen molar-refractivity contribution in [2.75, 3.05) is 27.3 Å². The topological polar surface area (TPSA) is 58.1 Å². The van der Waals surface area contributed by atoms with Crippen LogP contribution in [0.4, 0.5) is 0 Å². The lowest BCUT2D eigenvalue weighted by Gasteiger charge is -2.47. The van der Waals surface area contributed by atoms with E-state index in [4.69, 9.17) is 14.5 Å². The molecule has 28 heavy (non-hydrogen) atoms. The van der Waals surface area contributed by atoms with Gasteiger partial charge in [0.2, 0.25) is 0 Å². The van der Waals surface area contributed by atoms with E-state index in [1.165, 1.54) is 32.1 Å². The predicted molar refractivity (Wildman–Crippen MR) is 114 cm³/mol. The summed E-state index contributed by atoms with van der Waals surface area (Å²) in [6.45, 7) is 6.18. The first-order valence-electron chi connectivity index (χ1n) is 10.7. The van der Waals surface area contributed by atoms with Crippen molar-refractivity contribution in [3.8, 4) is 11.5 Å². The van der Waals surface area contributed by atoms with Crippen molar-refractivity contribution in [3.63, 3.8) is 0 Å². The number of piperidine rings is 2. The molecule has 0 spiro atoms. The molecule has 2 aliphatic rings. The van der Waals surface area contributed by atoms with Crippen LogP contribution in [0.5, 0.6) is 11.5 Å². The second kappa shape index (κ2) is 10.0. The van der Waals surface area contributed by atoms with Gasteiger partial charge in [-0.05, 0) is 64.3 Å². The minimum atomic E-state index is 0.499. The third kappa shape index (κ3) is 5.10. The monoisotopic (exact) mass is 388 g/mol. The first-order valence-corrected chi connectivity index (χ1v) is 10.7. The maximum Gasteiger partial charge on any atom is 0.191 e. The summed E-state index contributed by atoms with van der Waals surface area (Å²) >= 11 is 0. The van der Waals surface area contributed by atoms with E-state index in [1.807, 2.05) is 25.1 Å². The molecule has 156 valence electrons. The molecule has 1 aromatic carbocycles. The van der Waals surface area contributed by atoms with E-state index in [9.17, 15) is 0 Å². The average Bonchev–Trinajstić information content (AvgIpc) is 2.67. The van der Waals surface area contributed by atoms with E-state index in [2.05, 4.69) is 29.5 Å². The van der Waals surface area contributed by atoms with Gasteiger partial charge < -0.3 is 25.0 Å². The summed E-state index contributed by atoms with van der Waals surface area (Å²) in [6, 6.07) is 7.95. The van der Waals surface area contributed by atoms with Gasteiger partial charge in [0.25, 0.3) is 0 Å². The Balaban J connectivity index is 1.65. The summed E-state index contributed by atoms with van der Waals surface area (Å²) in [5.74, 6) is 2.44. The Labute approximate surface area is 169 Å². The molecule has 0 aromatic heterocycles. The normalized spacial score (nSPS) is 25.3. The molecule has 3 rings (SSSR count). The summed E-state index contributed by atoms with van der Waals surface area (Å²) < 4.78 is 11.1. The number of hydrogen-bond donors (Lipinski definition) is 2. The van der Waals surface area contributed by atoms with Crippen LogP contribution in [0.3, 0.4) is 0 Å². The third-order valence-electron chi connectivity index (χ3n) is 5.97. The van der Waals surface area contributed by atoms with Crippen LogP contribution >= 0.6 is 0 Å². The number of guanidine groups is 1. The fourth-order valence-corrected chi connectivity index (χ4v) is 4.51. The zero-order valence-electron chi connectivity index (χ0n) is 17.8. The molecule has 6 heteroatoms. The minimum Gasteiger partial charge on any atom is -0.493 e. The van der Waals surface area contributed by atoms with Crippen LogP contribution < -0.4 is 20.1 Å². The van der Waals surface area contributed by atoms with E-state index in [1.54, 1.807) is 7.11 Å². The van der Waals surface area contributed by atoms with Crippen LogP contribution in [-0.4, -0.2) is 56.3 Å². The SMILES string of the molecule is CCNC(=NCc1ccc(OC)c(OCC)c1)NC1CC2CCCC(C1)N2C. The Morgan fingerprint density at radius 2 is 1.93 bits per heavy atom. The van der Waals surface area contributed by atoms with E-state index < -0.39 is 0 Å². The number of nitrogens with one attached hydrogen (secondary N) is 2. The lowest BCUT2D eigenvalue weighted by molar-refractivity contribution is 0.0526. The molecule has 2 fully saturated rings. The van der Waals surface area contributed by atoms with Gasteiger partial charge >= 0.3 is 0 Å².